The van der Waals surface area contributed by atoms with Gasteiger partial charge in [0.15, 0.2) is 0 Å². The SMILES string of the molecule is CCN(CC)C1(C(NC)c2ccccc2F)CCCC1. The molecule has 0 saturated heterocycles. The molecule has 0 spiro atoms. The second-order valence-electron chi connectivity index (χ2n) is 5.73. The zero-order chi connectivity index (χ0) is 14.6. The van der Waals surface area contributed by atoms with E-state index in [-0.39, 0.29) is 17.4 Å². The lowest BCUT2D eigenvalue weighted by Gasteiger charge is -2.46. The Balaban J connectivity index is 2.43. The quantitative estimate of drug-likeness (QED) is 0.852. The monoisotopic (exact) mass is 278 g/mol. The van der Waals surface area contributed by atoms with E-state index < -0.39 is 0 Å². The molecule has 1 aromatic rings. The summed E-state index contributed by atoms with van der Waals surface area (Å²) < 4.78 is 14.3. The van der Waals surface area contributed by atoms with Gasteiger partial charge in [-0.1, -0.05) is 44.9 Å². The van der Waals surface area contributed by atoms with Crippen LogP contribution in [-0.2, 0) is 0 Å². The highest BCUT2D eigenvalue weighted by molar-refractivity contribution is 5.26. The lowest BCUT2D eigenvalue weighted by molar-refractivity contribution is 0.0642. The molecule has 1 atom stereocenters. The van der Waals surface area contributed by atoms with Gasteiger partial charge in [-0.25, -0.2) is 4.39 Å². The van der Waals surface area contributed by atoms with Crippen molar-refractivity contribution in [3.8, 4) is 0 Å². The van der Waals surface area contributed by atoms with E-state index in [0.29, 0.717) is 0 Å². The van der Waals surface area contributed by atoms with Crippen LogP contribution in [-0.4, -0.2) is 30.6 Å². The smallest absolute Gasteiger partial charge is 0.128 e. The van der Waals surface area contributed by atoms with Gasteiger partial charge in [0.05, 0.1) is 6.04 Å². The number of hydrogen-bond donors (Lipinski definition) is 1. The van der Waals surface area contributed by atoms with Gasteiger partial charge in [0.25, 0.3) is 0 Å². The summed E-state index contributed by atoms with van der Waals surface area (Å²) in [5, 5.41) is 3.41. The Morgan fingerprint density at radius 2 is 1.80 bits per heavy atom. The summed E-state index contributed by atoms with van der Waals surface area (Å²) in [6, 6.07) is 7.27. The third-order valence-electron chi connectivity index (χ3n) is 4.90. The van der Waals surface area contributed by atoms with Crippen molar-refractivity contribution >= 4 is 0 Å². The van der Waals surface area contributed by atoms with E-state index in [4.69, 9.17) is 0 Å². The number of nitrogens with zero attached hydrogens (tertiary/aromatic N) is 1. The maximum atomic E-state index is 14.3. The van der Waals surface area contributed by atoms with Crippen LogP contribution in [0.25, 0.3) is 0 Å². The Kier molecular flexibility index (Phi) is 5.17. The van der Waals surface area contributed by atoms with Gasteiger partial charge in [0, 0.05) is 11.1 Å². The number of nitrogens with one attached hydrogen (secondary N) is 1. The molecule has 0 bridgehead atoms. The second-order valence-corrected chi connectivity index (χ2v) is 5.73. The lowest BCUT2D eigenvalue weighted by Crippen LogP contribution is -2.54. The molecule has 0 amide bonds. The van der Waals surface area contributed by atoms with Crippen LogP contribution < -0.4 is 5.32 Å². The summed E-state index contributed by atoms with van der Waals surface area (Å²) >= 11 is 0. The van der Waals surface area contributed by atoms with Gasteiger partial charge >= 0.3 is 0 Å². The van der Waals surface area contributed by atoms with Gasteiger partial charge in [-0.15, -0.1) is 0 Å². The first-order valence-corrected chi connectivity index (χ1v) is 7.86. The first kappa shape index (κ1) is 15.5. The zero-order valence-corrected chi connectivity index (χ0v) is 13.0. The van der Waals surface area contributed by atoms with E-state index in [2.05, 4.69) is 24.1 Å². The number of hydrogen-bond acceptors (Lipinski definition) is 2. The van der Waals surface area contributed by atoms with E-state index in [1.54, 1.807) is 12.1 Å². The zero-order valence-electron chi connectivity index (χ0n) is 13.0. The summed E-state index contributed by atoms with van der Waals surface area (Å²) in [6.45, 7) is 6.45. The van der Waals surface area contributed by atoms with Crippen LogP contribution in [0.1, 0.15) is 51.1 Å². The lowest BCUT2D eigenvalue weighted by atomic mass is 9.81. The molecule has 2 rings (SSSR count). The molecule has 112 valence electrons. The molecule has 1 unspecified atom stereocenters. The summed E-state index contributed by atoms with van der Waals surface area (Å²) in [5.74, 6) is -0.0923. The van der Waals surface area contributed by atoms with Crippen molar-refractivity contribution in [2.75, 3.05) is 20.1 Å². The topological polar surface area (TPSA) is 15.3 Å². The van der Waals surface area contributed by atoms with Crippen LogP contribution in [0.5, 0.6) is 0 Å². The summed E-state index contributed by atoms with van der Waals surface area (Å²) in [4.78, 5) is 2.52. The molecule has 1 saturated carbocycles. The normalized spacial score (nSPS) is 19.4. The van der Waals surface area contributed by atoms with Gasteiger partial charge in [-0.05, 0) is 39.0 Å². The van der Waals surface area contributed by atoms with Crippen molar-refractivity contribution in [3.05, 3.63) is 35.6 Å². The Hall–Kier alpha value is -0.930. The fourth-order valence-corrected chi connectivity index (χ4v) is 4.05. The highest BCUT2D eigenvalue weighted by Gasteiger charge is 2.45. The third kappa shape index (κ3) is 2.61. The predicted molar refractivity (Wildman–Crippen MR) is 82.3 cm³/mol. The maximum absolute atomic E-state index is 14.3. The maximum Gasteiger partial charge on any atom is 0.128 e. The molecular formula is C17H27FN2. The molecule has 1 N–H and O–H groups in total. The van der Waals surface area contributed by atoms with Gasteiger partial charge in [-0.3, -0.25) is 4.90 Å². The fourth-order valence-electron chi connectivity index (χ4n) is 4.05. The van der Waals surface area contributed by atoms with Crippen LogP contribution in [0.3, 0.4) is 0 Å². The first-order chi connectivity index (χ1) is 9.69. The molecule has 1 aliphatic rings. The molecule has 1 fully saturated rings. The minimum absolute atomic E-state index is 0.0560. The average molecular weight is 278 g/mol. The molecule has 0 heterocycles. The van der Waals surface area contributed by atoms with E-state index in [1.165, 1.54) is 12.8 Å². The van der Waals surface area contributed by atoms with Crippen molar-refractivity contribution in [2.24, 2.45) is 0 Å². The molecule has 1 aliphatic carbocycles. The van der Waals surface area contributed by atoms with Gasteiger partial charge in [0.2, 0.25) is 0 Å². The second kappa shape index (κ2) is 6.68. The van der Waals surface area contributed by atoms with E-state index in [9.17, 15) is 4.39 Å². The van der Waals surface area contributed by atoms with E-state index >= 15 is 0 Å². The van der Waals surface area contributed by atoms with Crippen molar-refractivity contribution in [1.82, 2.24) is 10.2 Å². The summed E-state index contributed by atoms with van der Waals surface area (Å²) in [5.41, 5.74) is 0.865. The standard InChI is InChI=1S/C17H27FN2/c1-4-20(5-2)17(12-8-9-13-17)16(19-3)14-10-6-7-11-15(14)18/h6-7,10-11,16,19H,4-5,8-9,12-13H2,1-3H3. The molecule has 0 aliphatic heterocycles. The Morgan fingerprint density at radius 1 is 1.20 bits per heavy atom. The molecule has 1 aromatic carbocycles. The van der Waals surface area contributed by atoms with Crippen molar-refractivity contribution in [1.29, 1.82) is 0 Å². The van der Waals surface area contributed by atoms with Gasteiger partial charge in [0.1, 0.15) is 5.82 Å². The van der Waals surface area contributed by atoms with Crippen LogP contribution in [0, 0.1) is 5.82 Å². The van der Waals surface area contributed by atoms with Gasteiger partial charge in [-0.2, -0.15) is 0 Å². The van der Waals surface area contributed by atoms with Gasteiger partial charge < -0.3 is 5.32 Å². The van der Waals surface area contributed by atoms with Crippen molar-refractivity contribution in [3.63, 3.8) is 0 Å². The highest BCUT2D eigenvalue weighted by Crippen LogP contribution is 2.44. The molecule has 2 nitrogen and oxygen atoms in total. The first-order valence-electron chi connectivity index (χ1n) is 7.86. The summed E-state index contributed by atoms with van der Waals surface area (Å²) in [6.07, 6.45) is 4.77. The molecule has 0 radical (unpaired) electrons. The highest BCUT2D eigenvalue weighted by atomic mass is 19.1. The number of benzene rings is 1. The fraction of sp³-hybridized carbons (Fsp3) is 0.647. The average Bonchev–Trinajstić information content (AvgIpc) is 2.93. The van der Waals surface area contributed by atoms with Crippen LogP contribution in [0.15, 0.2) is 24.3 Å². The largest absolute Gasteiger partial charge is 0.311 e. The molecule has 20 heavy (non-hydrogen) atoms. The third-order valence-corrected chi connectivity index (χ3v) is 4.90. The number of halogens is 1. The minimum atomic E-state index is -0.0923. The Morgan fingerprint density at radius 3 is 2.30 bits per heavy atom. The van der Waals surface area contributed by atoms with Crippen LogP contribution in [0.4, 0.5) is 4.39 Å². The summed E-state index contributed by atoms with van der Waals surface area (Å²) in [7, 11) is 1.96. The molecule has 0 aromatic heterocycles. The molecular weight excluding hydrogens is 251 g/mol. The Labute approximate surface area is 122 Å². The Bertz CT molecular complexity index is 423. The van der Waals surface area contributed by atoms with E-state index in [0.717, 1.165) is 31.5 Å². The van der Waals surface area contributed by atoms with Crippen LogP contribution >= 0.6 is 0 Å². The molecule has 3 heteroatoms. The van der Waals surface area contributed by atoms with E-state index in [1.807, 2.05) is 19.2 Å². The van der Waals surface area contributed by atoms with Crippen LogP contribution in [0.2, 0.25) is 0 Å². The predicted octanol–water partition coefficient (Wildman–Crippen LogP) is 3.74. The minimum Gasteiger partial charge on any atom is -0.311 e. The number of rotatable bonds is 6. The van der Waals surface area contributed by atoms with Crippen molar-refractivity contribution < 1.29 is 4.39 Å². The number of likely N-dealkylation sites (N-methyl/N-ethyl adjacent to an activating group) is 2. The van der Waals surface area contributed by atoms with Crippen molar-refractivity contribution in [2.45, 2.75) is 51.1 Å².